The molecule has 0 aliphatic carbocycles. The molecule has 2 aliphatic rings. The Balaban J connectivity index is 1.53. The van der Waals surface area contributed by atoms with E-state index in [1.165, 1.54) is 11.1 Å². The quantitative estimate of drug-likeness (QED) is 0.395. The standard InChI is InChI=1S/C25H30N8O3S/c1-31-7-8-32(23(35)15-31)14-18-10-17-4-3-6-33(24(17)29-21(18)16-34)25(36)30-22-11-20(27-5-9-37-2)19(12-26)13-28-22/h10-11,13,16H,3-9,14-15H2,1-2H3,(H2,27,28,30,36). The summed E-state index contributed by atoms with van der Waals surface area (Å²) in [4.78, 5) is 51.6. The van der Waals surface area contributed by atoms with Gasteiger partial charge >= 0.3 is 6.03 Å². The van der Waals surface area contributed by atoms with Crippen LogP contribution < -0.4 is 15.5 Å². The SMILES string of the molecule is CSCCNc1cc(NC(=O)N2CCCc3cc(CN4CCN(C)CC4=O)c(C=O)nc32)ncc1C#N. The van der Waals surface area contributed by atoms with Crippen molar-refractivity contribution >= 4 is 47.3 Å². The highest BCUT2D eigenvalue weighted by Gasteiger charge is 2.28. The second-order valence-corrected chi connectivity index (χ2v) is 10.0. The molecule has 0 unspecified atom stereocenters. The minimum absolute atomic E-state index is 0.0153. The van der Waals surface area contributed by atoms with Gasteiger partial charge in [0.05, 0.1) is 17.8 Å². The van der Waals surface area contributed by atoms with Crippen molar-refractivity contribution in [1.82, 2.24) is 19.8 Å². The van der Waals surface area contributed by atoms with Gasteiger partial charge in [0.15, 0.2) is 6.29 Å². The van der Waals surface area contributed by atoms with Gasteiger partial charge in [0.25, 0.3) is 0 Å². The highest BCUT2D eigenvalue weighted by molar-refractivity contribution is 7.98. The number of carbonyl (C=O) groups excluding carboxylic acids is 3. The lowest BCUT2D eigenvalue weighted by molar-refractivity contribution is -0.136. The molecule has 0 atom stereocenters. The van der Waals surface area contributed by atoms with E-state index < -0.39 is 6.03 Å². The molecule has 37 heavy (non-hydrogen) atoms. The lowest BCUT2D eigenvalue weighted by atomic mass is 10.0. The fourth-order valence-electron chi connectivity index (χ4n) is 4.41. The van der Waals surface area contributed by atoms with Gasteiger partial charge in [-0.25, -0.2) is 14.8 Å². The van der Waals surface area contributed by atoms with Crippen molar-refractivity contribution in [2.45, 2.75) is 19.4 Å². The molecule has 3 amide bonds. The highest BCUT2D eigenvalue weighted by atomic mass is 32.2. The van der Waals surface area contributed by atoms with Crippen molar-refractivity contribution in [1.29, 1.82) is 5.26 Å². The van der Waals surface area contributed by atoms with E-state index in [1.54, 1.807) is 22.7 Å². The number of pyridine rings is 2. The van der Waals surface area contributed by atoms with Gasteiger partial charge in [-0.15, -0.1) is 0 Å². The van der Waals surface area contributed by atoms with E-state index in [9.17, 15) is 19.6 Å². The summed E-state index contributed by atoms with van der Waals surface area (Å²) in [5, 5.41) is 15.4. The van der Waals surface area contributed by atoms with Crippen LogP contribution in [0.4, 0.5) is 22.1 Å². The monoisotopic (exact) mass is 522 g/mol. The van der Waals surface area contributed by atoms with Crippen LogP contribution in [0.15, 0.2) is 18.3 Å². The smallest absolute Gasteiger partial charge is 0.328 e. The normalized spacial score (nSPS) is 15.6. The van der Waals surface area contributed by atoms with Crippen LogP contribution in [0.1, 0.15) is 33.6 Å². The van der Waals surface area contributed by atoms with Gasteiger partial charge in [0.1, 0.15) is 23.4 Å². The van der Waals surface area contributed by atoms with E-state index in [1.807, 2.05) is 24.3 Å². The number of likely N-dealkylation sites (N-methyl/N-ethyl adjacent to an activating group) is 1. The Hall–Kier alpha value is -3.69. The summed E-state index contributed by atoms with van der Waals surface area (Å²) >= 11 is 1.68. The lowest BCUT2D eigenvalue weighted by Crippen LogP contribution is -2.48. The van der Waals surface area contributed by atoms with Crippen molar-refractivity contribution in [2.24, 2.45) is 0 Å². The van der Waals surface area contributed by atoms with Crippen molar-refractivity contribution in [3.63, 3.8) is 0 Å². The third-order valence-corrected chi connectivity index (χ3v) is 7.00. The lowest BCUT2D eigenvalue weighted by Gasteiger charge is -2.33. The topological polar surface area (TPSA) is 135 Å². The summed E-state index contributed by atoms with van der Waals surface area (Å²) in [6, 6.07) is 5.22. The van der Waals surface area contributed by atoms with Crippen LogP contribution >= 0.6 is 11.8 Å². The average molecular weight is 523 g/mol. The first-order chi connectivity index (χ1) is 17.9. The fourth-order valence-corrected chi connectivity index (χ4v) is 4.71. The van der Waals surface area contributed by atoms with Gasteiger partial charge in [-0.1, -0.05) is 0 Å². The zero-order chi connectivity index (χ0) is 26.4. The number of thioether (sulfide) groups is 1. The summed E-state index contributed by atoms with van der Waals surface area (Å²) in [5.41, 5.74) is 2.76. The zero-order valence-corrected chi connectivity index (χ0v) is 21.8. The van der Waals surface area contributed by atoms with Gasteiger partial charge in [-0.2, -0.15) is 17.0 Å². The molecule has 1 saturated heterocycles. The van der Waals surface area contributed by atoms with Crippen LogP contribution in [-0.4, -0.2) is 89.8 Å². The number of aldehydes is 1. The molecule has 2 aromatic rings. The Labute approximate surface area is 220 Å². The third-order valence-electron chi connectivity index (χ3n) is 6.38. The predicted octanol–water partition coefficient (Wildman–Crippen LogP) is 2.19. The molecule has 0 aromatic carbocycles. The van der Waals surface area contributed by atoms with E-state index >= 15 is 0 Å². The van der Waals surface area contributed by atoms with E-state index in [-0.39, 0.29) is 11.6 Å². The number of nitrogens with one attached hydrogen (secondary N) is 2. The number of nitriles is 1. The number of fused-ring (bicyclic) bond motifs is 1. The molecule has 4 rings (SSSR count). The molecule has 2 aromatic heterocycles. The Morgan fingerprint density at radius 1 is 1.30 bits per heavy atom. The number of rotatable bonds is 8. The van der Waals surface area contributed by atoms with Crippen molar-refractivity contribution in [3.05, 3.63) is 40.7 Å². The summed E-state index contributed by atoms with van der Waals surface area (Å²) in [6.45, 7) is 3.13. The van der Waals surface area contributed by atoms with Crippen molar-refractivity contribution in [3.8, 4) is 6.07 Å². The van der Waals surface area contributed by atoms with E-state index in [2.05, 4.69) is 26.7 Å². The van der Waals surface area contributed by atoms with Gasteiger partial charge in [0.2, 0.25) is 5.91 Å². The number of aryl methyl sites for hydroxylation is 1. The van der Waals surface area contributed by atoms with Gasteiger partial charge in [-0.05, 0) is 37.8 Å². The Morgan fingerprint density at radius 3 is 2.86 bits per heavy atom. The number of nitrogens with zero attached hydrogens (tertiary/aromatic N) is 6. The van der Waals surface area contributed by atoms with Crippen LogP contribution in [0.2, 0.25) is 0 Å². The Bertz CT molecular complexity index is 1230. The Kier molecular flexibility index (Phi) is 8.58. The van der Waals surface area contributed by atoms with Gasteiger partial charge in [-0.3, -0.25) is 24.7 Å². The van der Waals surface area contributed by atoms with E-state index in [0.717, 1.165) is 24.3 Å². The summed E-state index contributed by atoms with van der Waals surface area (Å²) < 4.78 is 0. The highest BCUT2D eigenvalue weighted by Crippen LogP contribution is 2.29. The molecule has 1 fully saturated rings. The molecule has 194 valence electrons. The Morgan fingerprint density at radius 2 is 2.14 bits per heavy atom. The first-order valence-electron chi connectivity index (χ1n) is 12.1. The summed E-state index contributed by atoms with van der Waals surface area (Å²) in [6.07, 6.45) is 5.55. The summed E-state index contributed by atoms with van der Waals surface area (Å²) in [7, 11) is 1.91. The second-order valence-electron chi connectivity index (χ2n) is 9.02. The first kappa shape index (κ1) is 26.4. The van der Waals surface area contributed by atoms with Crippen LogP contribution in [0.25, 0.3) is 0 Å². The molecule has 0 saturated carbocycles. The largest absolute Gasteiger partial charge is 0.383 e. The minimum atomic E-state index is -0.417. The molecule has 0 spiro atoms. The molecule has 2 N–H and O–H groups in total. The number of amides is 3. The fraction of sp³-hybridized carbons (Fsp3) is 0.440. The number of carbonyl (C=O) groups is 3. The maximum absolute atomic E-state index is 13.2. The van der Waals surface area contributed by atoms with E-state index in [4.69, 9.17) is 0 Å². The van der Waals surface area contributed by atoms with Gasteiger partial charge < -0.3 is 10.2 Å². The molecule has 0 bridgehead atoms. The number of piperazine rings is 1. The second kappa shape index (κ2) is 12.0. The summed E-state index contributed by atoms with van der Waals surface area (Å²) in [5.74, 6) is 1.63. The maximum Gasteiger partial charge on any atom is 0.328 e. The molecule has 12 heteroatoms. The molecular formula is C25H30N8O3S. The molecule has 0 radical (unpaired) electrons. The number of anilines is 3. The number of urea groups is 1. The van der Waals surface area contributed by atoms with E-state index in [0.29, 0.717) is 73.9 Å². The molecule has 2 aliphatic heterocycles. The van der Waals surface area contributed by atoms with Crippen molar-refractivity contribution in [2.75, 3.05) is 67.3 Å². The van der Waals surface area contributed by atoms with Gasteiger partial charge in [0, 0.05) is 56.3 Å². The number of hydrogen-bond acceptors (Lipinski definition) is 9. The third kappa shape index (κ3) is 6.18. The molecular weight excluding hydrogens is 492 g/mol. The van der Waals surface area contributed by atoms with Crippen LogP contribution in [0, 0.1) is 11.3 Å². The van der Waals surface area contributed by atoms with Crippen molar-refractivity contribution < 1.29 is 14.4 Å². The molecule has 4 heterocycles. The zero-order valence-electron chi connectivity index (χ0n) is 21.0. The maximum atomic E-state index is 13.2. The van der Waals surface area contributed by atoms with Crippen LogP contribution in [-0.2, 0) is 17.8 Å². The first-order valence-corrected chi connectivity index (χ1v) is 13.5. The average Bonchev–Trinajstić information content (AvgIpc) is 2.89. The number of hydrogen-bond donors (Lipinski definition) is 2. The predicted molar refractivity (Wildman–Crippen MR) is 143 cm³/mol. The van der Waals surface area contributed by atoms with Crippen LogP contribution in [0.5, 0.6) is 0 Å². The minimum Gasteiger partial charge on any atom is -0.383 e. The number of aromatic nitrogens is 2. The molecule has 11 nitrogen and oxygen atoms in total. The van der Waals surface area contributed by atoms with Crippen LogP contribution in [0.3, 0.4) is 0 Å².